The number of nitrogens with zero attached hydrogens (tertiary/aromatic N) is 2. The Labute approximate surface area is 88.3 Å². The average molecular weight is 196 g/mol. The van der Waals surface area contributed by atoms with Gasteiger partial charge in [0.25, 0.3) is 0 Å². The Balaban J connectivity index is 1.79. The summed E-state index contributed by atoms with van der Waals surface area (Å²) >= 11 is 0. The van der Waals surface area contributed by atoms with Gasteiger partial charge in [-0.05, 0) is 40.3 Å². The van der Waals surface area contributed by atoms with Crippen molar-refractivity contribution in [2.24, 2.45) is 5.41 Å². The normalized spacial score (nSPS) is 28.3. The molecular formula is C12H24N2. The van der Waals surface area contributed by atoms with Crippen molar-refractivity contribution in [1.82, 2.24) is 9.80 Å². The van der Waals surface area contributed by atoms with Gasteiger partial charge in [-0.2, -0.15) is 0 Å². The molecule has 0 aromatic rings. The molecule has 2 heterocycles. The van der Waals surface area contributed by atoms with E-state index in [1.807, 2.05) is 0 Å². The summed E-state index contributed by atoms with van der Waals surface area (Å²) in [6.45, 7) is 16.0. The minimum Gasteiger partial charge on any atom is -0.303 e. The molecule has 0 aliphatic carbocycles. The molecule has 0 atom stereocenters. The monoisotopic (exact) mass is 196 g/mol. The third kappa shape index (κ3) is 1.96. The second kappa shape index (κ2) is 3.21. The highest BCUT2D eigenvalue weighted by molar-refractivity contribution is 4.99. The minimum absolute atomic E-state index is 0.370. The molecule has 2 nitrogen and oxygen atoms in total. The van der Waals surface area contributed by atoms with Crippen LogP contribution in [0.25, 0.3) is 0 Å². The summed E-state index contributed by atoms with van der Waals surface area (Å²) in [7, 11) is 0. The Bertz CT molecular complexity index is 207. The van der Waals surface area contributed by atoms with E-state index in [1.165, 1.54) is 39.1 Å². The Morgan fingerprint density at radius 2 is 1.71 bits per heavy atom. The van der Waals surface area contributed by atoms with Gasteiger partial charge in [0.05, 0.1) is 0 Å². The first kappa shape index (κ1) is 10.4. The van der Waals surface area contributed by atoms with Crippen LogP contribution in [0.5, 0.6) is 0 Å². The summed E-state index contributed by atoms with van der Waals surface area (Å²) in [6.07, 6.45) is 1.42. The lowest BCUT2D eigenvalue weighted by atomic mass is 9.78. The van der Waals surface area contributed by atoms with E-state index < -0.39 is 0 Å². The highest BCUT2D eigenvalue weighted by Gasteiger charge is 2.44. The van der Waals surface area contributed by atoms with Crippen LogP contribution in [0, 0.1) is 5.41 Å². The third-order valence-electron chi connectivity index (χ3n) is 3.65. The van der Waals surface area contributed by atoms with E-state index in [0.29, 0.717) is 11.0 Å². The molecule has 2 saturated heterocycles. The van der Waals surface area contributed by atoms with Crippen LogP contribution in [0.4, 0.5) is 0 Å². The van der Waals surface area contributed by atoms with Crippen LogP contribution in [0.1, 0.15) is 34.1 Å². The van der Waals surface area contributed by atoms with E-state index in [-0.39, 0.29) is 0 Å². The van der Waals surface area contributed by atoms with Gasteiger partial charge in [-0.25, -0.2) is 0 Å². The predicted octanol–water partition coefficient (Wildman–Crippen LogP) is 1.81. The van der Waals surface area contributed by atoms with E-state index >= 15 is 0 Å². The molecule has 2 aliphatic heterocycles. The Kier molecular flexibility index (Phi) is 2.39. The molecule has 14 heavy (non-hydrogen) atoms. The fourth-order valence-corrected chi connectivity index (χ4v) is 2.53. The first-order valence-electron chi connectivity index (χ1n) is 5.87. The Morgan fingerprint density at radius 3 is 2.07 bits per heavy atom. The van der Waals surface area contributed by atoms with Crippen LogP contribution in [0.15, 0.2) is 0 Å². The van der Waals surface area contributed by atoms with Gasteiger partial charge in [0.1, 0.15) is 0 Å². The van der Waals surface area contributed by atoms with Crippen molar-refractivity contribution in [3.63, 3.8) is 0 Å². The van der Waals surface area contributed by atoms with Crippen LogP contribution in [0.2, 0.25) is 0 Å². The number of rotatable bonds is 2. The van der Waals surface area contributed by atoms with Crippen molar-refractivity contribution >= 4 is 0 Å². The maximum atomic E-state index is 2.60. The first-order chi connectivity index (χ1) is 6.39. The highest BCUT2D eigenvalue weighted by Crippen LogP contribution is 2.36. The quantitative estimate of drug-likeness (QED) is 0.664. The van der Waals surface area contributed by atoms with Crippen LogP contribution in [-0.4, -0.2) is 48.1 Å². The standard InChI is InChI=1S/C12H24N2/c1-11(2,3)14-9-12(4,10-14)8-13-6-5-7-13/h5-10H2,1-4H3. The first-order valence-corrected chi connectivity index (χ1v) is 5.87. The second-order valence-corrected chi connectivity index (χ2v) is 6.47. The van der Waals surface area contributed by atoms with E-state index in [2.05, 4.69) is 37.5 Å². The van der Waals surface area contributed by atoms with E-state index in [1.54, 1.807) is 0 Å². The molecule has 0 aromatic heterocycles. The SMILES string of the molecule is CC1(CN2CCC2)CN(C(C)(C)C)C1. The molecule has 2 rings (SSSR count). The molecule has 2 fully saturated rings. The summed E-state index contributed by atoms with van der Waals surface area (Å²) in [6, 6.07) is 0. The summed E-state index contributed by atoms with van der Waals surface area (Å²) in [5.41, 5.74) is 0.947. The lowest BCUT2D eigenvalue weighted by molar-refractivity contribution is -0.0718. The number of hydrogen-bond donors (Lipinski definition) is 0. The van der Waals surface area contributed by atoms with Crippen molar-refractivity contribution in [2.45, 2.75) is 39.7 Å². The van der Waals surface area contributed by atoms with Crippen molar-refractivity contribution in [1.29, 1.82) is 0 Å². The highest BCUT2D eigenvalue weighted by atomic mass is 15.3. The largest absolute Gasteiger partial charge is 0.303 e. The summed E-state index contributed by atoms with van der Waals surface area (Å²) in [5.74, 6) is 0. The van der Waals surface area contributed by atoms with Crippen LogP contribution < -0.4 is 0 Å². The molecule has 0 unspecified atom stereocenters. The van der Waals surface area contributed by atoms with E-state index in [9.17, 15) is 0 Å². The van der Waals surface area contributed by atoms with Gasteiger partial charge in [0.15, 0.2) is 0 Å². The van der Waals surface area contributed by atoms with Gasteiger partial charge >= 0.3 is 0 Å². The second-order valence-electron chi connectivity index (χ2n) is 6.47. The summed E-state index contributed by atoms with van der Waals surface area (Å²) in [5, 5.41) is 0. The molecular weight excluding hydrogens is 172 g/mol. The van der Waals surface area contributed by atoms with Crippen molar-refractivity contribution < 1.29 is 0 Å². The van der Waals surface area contributed by atoms with Crippen molar-refractivity contribution in [3.05, 3.63) is 0 Å². The molecule has 0 radical (unpaired) electrons. The molecule has 2 heteroatoms. The van der Waals surface area contributed by atoms with Crippen LogP contribution >= 0.6 is 0 Å². The van der Waals surface area contributed by atoms with E-state index in [0.717, 1.165) is 0 Å². The molecule has 0 bridgehead atoms. The molecule has 0 spiro atoms. The average Bonchev–Trinajstić information content (AvgIpc) is 1.89. The van der Waals surface area contributed by atoms with Crippen molar-refractivity contribution in [2.75, 3.05) is 32.7 Å². The maximum absolute atomic E-state index is 2.60. The van der Waals surface area contributed by atoms with Gasteiger partial charge in [-0.1, -0.05) is 6.92 Å². The van der Waals surface area contributed by atoms with Gasteiger partial charge in [0.2, 0.25) is 0 Å². The van der Waals surface area contributed by atoms with E-state index in [4.69, 9.17) is 0 Å². The molecule has 0 N–H and O–H groups in total. The Morgan fingerprint density at radius 1 is 1.14 bits per heavy atom. The molecule has 82 valence electrons. The lowest BCUT2D eigenvalue weighted by Gasteiger charge is -2.56. The molecule has 0 aromatic carbocycles. The zero-order valence-electron chi connectivity index (χ0n) is 10.1. The lowest BCUT2D eigenvalue weighted by Crippen LogP contribution is -2.65. The maximum Gasteiger partial charge on any atom is 0.0125 e. The van der Waals surface area contributed by atoms with Gasteiger partial charge in [0, 0.05) is 30.6 Å². The van der Waals surface area contributed by atoms with Gasteiger partial charge in [-0.3, -0.25) is 4.90 Å². The van der Waals surface area contributed by atoms with Gasteiger partial charge < -0.3 is 4.90 Å². The summed E-state index contributed by atoms with van der Waals surface area (Å²) < 4.78 is 0. The number of likely N-dealkylation sites (tertiary alicyclic amines) is 2. The Hall–Kier alpha value is -0.0800. The predicted molar refractivity (Wildman–Crippen MR) is 60.5 cm³/mol. The van der Waals surface area contributed by atoms with Crippen LogP contribution in [-0.2, 0) is 0 Å². The van der Waals surface area contributed by atoms with Crippen LogP contribution in [0.3, 0.4) is 0 Å². The molecule has 0 amide bonds. The smallest absolute Gasteiger partial charge is 0.0125 e. The van der Waals surface area contributed by atoms with Gasteiger partial charge in [-0.15, -0.1) is 0 Å². The van der Waals surface area contributed by atoms with Crippen molar-refractivity contribution in [3.8, 4) is 0 Å². The molecule has 2 aliphatic rings. The fourth-order valence-electron chi connectivity index (χ4n) is 2.53. The summed E-state index contributed by atoms with van der Waals surface area (Å²) in [4.78, 5) is 5.19. The zero-order chi connectivity index (χ0) is 10.4. The fraction of sp³-hybridized carbons (Fsp3) is 1.00. The minimum atomic E-state index is 0.370. The topological polar surface area (TPSA) is 6.48 Å². The third-order valence-corrected chi connectivity index (χ3v) is 3.65. The number of hydrogen-bond acceptors (Lipinski definition) is 2. The molecule has 0 saturated carbocycles. The zero-order valence-corrected chi connectivity index (χ0v) is 10.1.